The van der Waals surface area contributed by atoms with Gasteiger partial charge >= 0.3 is 0 Å². The molecule has 15 heavy (non-hydrogen) atoms. The van der Waals surface area contributed by atoms with Crippen LogP contribution in [-0.2, 0) is 4.79 Å². The first-order chi connectivity index (χ1) is 7.16. The minimum atomic E-state index is 0.318. The van der Waals surface area contributed by atoms with Crippen molar-refractivity contribution in [3.63, 3.8) is 0 Å². The molecule has 0 saturated carbocycles. The minimum Gasteiger partial charge on any atom is -0.337 e. The fraction of sp³-hybridized carbons (Fsp3) is 0.909. The van der Waals surface area contributed by atoms with Crippen molar-refractivity contribution < 1.29 is 4.79 Å². The summed E-state index contributed by atoms with van der Waals surface area (Å²) in [4.78, 5) is 18.4. The summed E-state index contributed by atoms with van der Waals surface area (Å²) in [6, 6.07) is 0.502. The second-order valence-electron chi connectivity index (χ2n) is 4.86. The van der Waals surface area contributed by atoms with Gasteiger partial charge in [0, 0.05) is 19.1 Å². The Labute approximate surface area is 91.8 Å². The average molecular weight is 211 g/mol. The lowest BCUT2D eigenvalue weighted by molar-refractivity contribution is -0.139. The first kappa shape index (κ1) is 10.9. The molecular formula is C11H21N3O. The van der Waals surface area contributed by atoms with E-state index in [1.54, 1.807) is 0 Å². The van der Waals surface area contributed by atoms with Gasteiger partial charge in [0.1, 0.15) is 0 Å². The number of hydrogen-bond acceptors (Lipinski definition) is 3. The molecule has 0 N–H and O–H groups in total. The molecular weight excluding hydrogens is 190 g/mol. The van der Waals surface area contributed by atoms with Gasteiger partial charge in [-0.15, -0.1) is 0 Å². The smallest absolute Gasteiger partial charge is 0.237 e. The van der Waals surface area contributed by atoms with Crippen LogP contribution in [0.5, 0.6) is 0 Å². The molecule has 0 aromatic rings. The van der Waals surface area contributed by atoms with E-state index in [1.165, 1.54) is 0 Å². The Hall–Kier alpha value is -0.610. The number of carbonyl (C=O) groups is 1. The van der Waals surface area contributed by atoms with E-state index in [0.717, 1.165) is 39.0 Å². The molecule has 0 radical (unpaired) electrons. The van der Waals surface area contributed by atoms with Crippen LogP contribution < -0.4 is 0 Å². The molecule has 0 atom stereocenters. The molecule has 2 rings (SSSR count). The van der Waals surface area contributed by atoms with Crippen molar-refractivity contribution in [3.05, 3.63) is 0 Å². The number of piperazine rings is 1. The van der Waals surface area contributed by atoms with E-state index in [1.807, 2.05) is 7.05 Å². The third kappa shape index (κ3) is 2.49. The monoisotopic (exact) mass is 211 g/mol. The van der Waals surface area contributed by atoms with Crippen molar-refractivity contribution in [1.82, 2.24) is 14.7 Å². The molecule has 1 amide bonds. The number of nitrogens with zero attached hydrogens (tertiary/aromatic N) is 3. The maximum atomic E-state index is 11.9. The van der Waals surface area contributed by atoms with Crippen molar-refractivity contribution in [3.8, 4) is 0 Å². The van der Waals surface area contributed by atoms with E-state index in [0.29, 0.717) is 18.5 Å². The van der Waals surface area contributed by atoms with Gasteiger partial charge in [-0.3, -0.25) is 9.69 Å². The normalized spacial score (nSPS) is 27.3. The van der Waals surface area contributed by atoms with Crippen molar-refractivity contribution >= 4 is 5.91 Å². The van der Waals surface area contributed by atoms with Crippen LogP contribution in [0.15, 0.2) is 0 Å². The van der Waals surface area contributed by atoms with Crippen LogP contribution in [0.3, 0.4) is 0 Å². The SMILES string of the molecule is CN1CCC(N2CCN(C)CC2=O)CC1. The lowest BCUT2D eigenvalue weighted by Gasteiger charge is -2.41. The van der Waals surface area contributed by atoms with Gasteiger partial charge in [0.25, 0.3) is 0 Å². The number of amides is 1. The third-order valence-electron chi connectivity index (χ3n) is 3.58. The Kier molecular flexibility index (Phi) is 3.26. The van der Waals surface area contributed by atoms with E-state index >= 15 is 0 Å². The number of piperidine rings is 1. The lowest BCUT2D eigenvalue weighted by atomic mass is 10.0. The van der Waals surface area contributed by atoms with Crippen LogP contribution in [0.2, 0.25) is 0 Å². The largest absolute Gasteiger partial charge is 0.337 e. The quantitative estimate of drug-likeness (QED) is 0.604. The first-order valence-electron chi connectivity index (χ1n) is 5.83. The summed E-state index contributed by atoms with van der Waals surface area (Å²) in [6.45, 7) is 4.81. The van der Waals surface area contributed by atoms with Gasteiger partial charge in [0.2, 0.25) is 5.91 Å². The Balaban J connectivity index is 1.90. The summed E-state index contributed by atoms with van der Waals surface area (Å²) < 4.78 is 0. The zero-order valence-electron chi connectivity index (χ0n) is 9.78. The molecule has 0 aliphatic carbocycles. The maximum absolute atomic E-state index is 11.9. The fourth-order valence-corrected chi connectivity index (χ4v) is 2.50. The number of likely N-dealkylation sites (tertiary alicyclic amines) is 1. The van der Waals surface area contributed by atoms with Gasteiger partial charge < -0.3 is 9.80 Å². The summed E-state index contributed by atoms with van der Waals surface area (Å²) in [5.41, 5.74) is 0. The van der Waals surface area contributed by atoms with E-state index in [2.05, 4.69) is 21.7 Å². The van der Waals surface area contributed by atoms with Gasteiger partial charge in [-0.05, 0) is 40.0 Å². The maximum Gasteiger partial charge on any atom is 0.237 e. The van der Waals surface area contributed by atoms with Gasteiger partial charge in [0.05, 0.1) is 6.54 Å². The van der Waals surface area contributed by atoms with Crippen LogP contribution in [-0.4, -0.2) is 73.5 Å². The Morgan fingerprint density at radius 2 is 1.67 bits per heavy atom. The highest BCUT2D eigenvalue weighted by Crippen LogP contribution is 2.17. The molecule has 0 spiro atoms. The number of carbonyl (C=O) groups excluding carboxylic acids is 1. The molecule has 0 aromatic heterocycles. The lowest BCUT2D eigenvalue weighted by Crippen LogP contribution is -2.55. The van der Waals surface area contributed by atoms with Crippen LogP contribution >= 0.6 is 0 Å². The Bertz CT molecular complexity index is 236. The highest BCUT2D eigenvalue weighted by molar-refractivity contribution is 5.79. The predicted octanol–water partition coefficient (Wildman–Crippen LogP) is -0.145. The van der Waals surface area contributed by atoms with Crippen LogP contribution in [0, 0.1) is 0 Å². The molecule has 4 nitrogen and oxygen atoms in total. The Morgan fingerprint density at radius 3 is 2.27 bits per heavy atom. The standard InChI is InChI=1S/C11H21N3O/c1-12-5-3-10(4-6-12)14-8-7-13(2)9-11(14)15/h10H,3-9H2,1-2H3. The molecule has 4 heteroatoms. The molecule has 2 aliphatic heterocycles. The zero-order valence-corrected chi connectivity index (χ0v) is 9.78. The summed E-state index contributed by atoms with van der Waals surface area (Å²) in [5.74, 6) is 0.318. The summed E-state index contributed by atoms with van der Waals surface area (Å²) in [6.07, 6.45) is 2.29. The number of rotatable bonds is 1. The number of likely N-dealkylation sites (N-methyl/N-ethyl adjacent to an activating group) is 1. The van der Waals surface area contributed by atoms with Crippen molar-refractivity contribution in [2.24, 2.45) is 0 Å². The second-order valence-corrected chi connectivity index (χ2v) is 4.86. The topological polar surface area (TPSA) is 26.8 Å². The van der Waals surface area contributed by atoms with E-state index in [4.69, 9.17) is 0 Å². The second kappa shape index (κ2) is 4.49. The Morgan fingerprint density at radius 1 is 1.00 bits per heavy atom. The van der Waals surface area contributed by atoms with E-state index in [-0.39, 0.29) is 0 Å². The third-order valence-corrected chi connectivity index (χ3v) is 3.58. The van der Waals surface area contributed by atoms with Crippen LogP contribution in [0.4, 0.5) is 0 Å². The van der Waals surface area contributed by atoms with Gasteiger partial charge in [0.15, 0.2) is 0 Å². The van der Waals surface area contributed by atoms with Gasteiger partial charge in [-0.25, -0.2) is 0 Å². The molecule has 0 bridgehead atoms. The molecule has 2 fully saturated rings. The van der Waals surface area contributed by atoms with Gasteiger partial charge in [-0.1, -0.05) is 0 Å². The fourth-order valence-electron chi connectivity index (χ4n) is 2.50. The van der Waals surface area contributed by atoms with Crippen LogP contribution in [0.1, 0.15) is 12.8 Å². The molecule has 0 unspecified atom stereocenters. The van der Waals surface area contributed by atoms with Crippen molar-refractivity contribution in [1.29, 1.82) is 0 Å². The number of hydrogen-bond donors (Lipinski definition) is 0. The predicted molar refractivity (Wildman–Crippen MR) is 59.7 cm³/mol. The average Bonchev–Trinajstić information content (AvgIpc) is 2.20. The molecule has 0 aromatic carbocycles. The summed E-state index contributed by atoms with van der Waals surface area (Å²) in [7, 11) is 4.17. The van der Waals surface area contributed by atoms with E-state index < -0.39 is 0 Å². The zero-order chi connectivity index (χ0) is 10.8. The van der Waals surface area contributed by atoms with Gasteiger partial charge in [-0.2, -0.15) is 0 Å². The van der Waals surface area contributed by atoms with Crippen molar-refractivity contribution in [2.75, 3.05) is 46.8 Å². The summed E-state index contributed by atoms with van der Waals surface area (Å²) in [5, 5.41) is 0. The first-order valence-corrected chi connectivity index (χ1v) is 5.83. The molecule has 2 saturated heterocycles. The van der Waals surface area contributed by atoms with Crippen molar-refractivity contribution in [2.45, 2.75) is 18.9 Å². The molecule has 2 heterocycles. The highest BCUT2D eigenvalue weighted by atomic mass is 16.2. The minimum absolute atomic E-state index is 0.318. The molecule has 2 aliphatic rings. The molecule has 86 valence electrons. The summed E-state index contributed by atoms with van der Waals surface area (Å²) >= 11 is 0. The highest BCUT2D eigenvalue weighted by Gasteiger charge is 2.29. The van der Waals surface area contributed by atoms with Crippen LogP contribution in [0.25, 0.3) is 0 Å². The van der Waals surface area contributed by atoms with E-state index in [9.17, 15) is 4.79 Å².